The summed E-state index contributed by atoms with van der Waals surface area (Å²) in [5, 5.41) is 20.7. The van der Waals surface area contributed by atoms with E-state index in [9.17, 15) is 14.7 Å². The smallest absolute Gasteiger partial charge is 0.337 e. The fourth-order valence-electron chi connectivity index (χ4n) is 1.81. The van der Waals surface area contributed by atoms with E-state index in [4.69, 9.17) is 5.11 Å². The highest BCUT2D eigenvalue weighted by molar-refractivity contribution is 5.80. The summed E-state index contributed by atoms with van der Waals surface area (Å²) in [4.78, 5) is 26.5. The molecule has 2 unspecified atom stereocenters. The lowest BCUT2D eigenvalue weighted by Gasteiger charge is -2.21. The van der Waals surface area contributed by atoms with Gasteiger partial charge in [-0.15, -0.1) is 0 Å². The van der Waals surface area contributed by atoms with Crippen molar-refractivity contribution in [2.75, 3.05) is 6.54 Å². The third-order valence-corrected chi connectivity index (χ3v) is 3.08. The lowest BCUT2D eigenvalue weighted by Crippen LogP contribution is -2.46. The summed E-state index contributed by atoms with van der Waals surface area (Å²) in [6.45, 7) is 2.86. The van der Waals surface area contributed by atoms with Crippen LogP contribution in [0.2, 0.25) is 0 Å². The number of carbonyl (C=O) groups excluding carboxylic acids is 1. The quantitative estimate of drug-likeness (QED) is 0.647. The Morgan fingerprint density at radius 3 is 2.70 bits per heavy atom. The summed E-state index contributed by atoms with van der Waals surface area (Å²) in [7, 11) is 0. The van der Waals surface area contributed by atoms with E-state index in [2.05, 4.69) is 10.3 Å². The SMILES string of the molecule is CCCC(CC(=O)NCC(C)(O)C(=O)O)n1ccnc1. The van der Waals surface area contributed by atoms with Gasteiger partial charge in [0.15, 0.2) is 5.60 Å². The third kappa shape index (κ3) is 4.65. The number of amides is 1. The minimum absolute atomic E-state index is 0.0164. The van der Waals surface area contributed by atoms with Crippen molar-refractivity contribution < 1.29 is 19.8 Å². The monoisotopic (exact) mass is 283 g/mol. The van der Waals surface area contributed by atoms with Crippen LogP contribution in [-0.4, -0.2) is 43.8 Å². The molecule has 0 saturated heterocycles. The van der Waals surface area contributed by atoms with Crippen LogP contribution in [0.15, 0.2) is 18.7 Å². The number of carbonyl (C=O) groups is 2. The second kappa shape index (κ2) is 7.04. The summed E-state index contributed by atoms with van der Waals surface area (Å²) in [5.74, 6) is -1.66. The van der Waals surface area contributed by atoms with Crippen LogP contribution in [0.5, 0.6) is 0 Å². The van der Waals surface area contributed by atoms with Gasteiger partial charge in [0.1, 0.15) is 0 Å². The summed E-state index contributed by atoms with van der Waals surface area (Å²) in [6.07, 6.45) is 7.06. The normalized spacial score (nSPS) is 15.3. The topological polar surface area (TPSA) is 104 Å². The first kappa shape index (κ1) is 16.2. The van der Waals surface area contributed by atoms with Crippen molar-refractivity contribution in [3.8, 4) is 0 Å². The Balaban J connectivity index is 2.53. The number of rotatable bonds is 8. The van der Waals surface area contributed by atoms with Crippen LogP contribution < -0.4 is 5.32 Å². The number of nitrogens with one attached hydrogen (secondary N) is 1. The first-order valence-corrected chi connectivity index (χ1v) is 6.56. The Bertz CT molecular complexity index is 442. The summed E-state index contributed by atoms with van der Waals surface area (Å²) in [5.41, 5.74) is -1.95. The molecule has 112 valence electrons. The molecule has 0 aliphatic rings. The minimum Gasteiger partial charge on any atom is -0.479 e. The molecule has 0 aliphatic heterocycles. The molecule has 0 spiro atoms. The zero-order valence-corrected chi connectivity index (χ0v) is 11.7. The van der Waals surface area contributed by atoms with Gasteiger partial charge in [-0.2, -0.15) is 0 Å². The van der Waals surface area contributed by atoms with Crippen molar-refractivity contribution in [1.29, 1.82) is 0 Å². The van der Waals surface area contributed by atoms with Crippen molar-refractivity contribution in [3.05, 3.63) is 18.7 Å². The van der Waals surface area contributed by atoms with Crippen molar-refractivity contribution in [3.63, 3.8) is 0 Å². The van der Waals surface area contributed by atoms with Crippen LogP contribution in [0, 0.1) is 0 Å². The molecular weight excluding hydrogens is 262 g/mol. The van der Waals surface area contributed by atoms with Crippen LogP contribution in [0.1, 0.15) is 39.2 Å². The number of hydrogen-bond acceptors (Lipinski definition) is 4. The highest BCUT2D eigenvalue weighted by Gasteiger charge is 2.30. The highest BCUT2D eigenvalue weighted by atomic mass is 16.4. The molecule has 1 heterocycles. The average Bonchev–Trinajstić information content (AvgIpc) is 2.89. The molecule has 7 heteroatoms. The second-order valence-electron chi connectivity index (χ2n) is 5.01. The first-order chi connectivity index (χ1) is 9.36. The lowest BCUT2D eigenvalue weighted by molar-refractivity contribution is -0.156. The number of aliphatic carboxylic acids is 1. The minimum atomic E-state index is -1.95. The molecule has 0 bridgehead atoms. The number of carboxylic acid groups (broad SMARTS) is 1. The standard InChI is InChI=1S/C13H21N3O4/c1-3-4-10(16-6-5-14-9-16)7-11(17)15-8-13(2,20)12(18)19/h5-6,9-10,20H,3-4,7-8H2,1-2H3,(H,15,17)(H,18,19). The fraction of sp³-hybridized carbons (Fsp3) is 0.615. The predicted octanol–water partition coefficient (Wildman–Crippen LogP) is 0.566. The maximum Gasteiger partial charge on any atom is 0.337 e. The van der Waals surface area contributed by atoms with Gasteiger partial charge in [0.05, 0.1) is 12.9 Å². The van der Waals surface area contributed by atoms with Crippen LogP contribution >= 0.6 is 0 Å². The Kier molecular flexibility index (Phi) is 5.69. The van der Waals surface area contributed by atoms with E-state index in [0.29, 0.717) is 0 Å². The van der Waals surface area contributed by atoms with Gasteiger partial charge in [-0.25, -0.2) is 9.78 Å². The van der Waals surface area contributed by atoms with E-state index in [1.54, 1.807) is 18.7 Å². The predicted molar refractivity (Wildman–Crippen MR) is 72.1 cm³/mol. The number of carboxylic acids is 1. The number of aliphatic hydroxyl groups is 1. The van der Waals surface area contributed by atoms with Gasteiger partial charge in [-0.3, -0.25) is 4.79 Å². The average molecular weight is 283 g/mol. The Morgan fingerprint density at radius 2 is 2.20 bits per heavy atom. The van der Waals surface area contributed by atoms with Crippen molar-refractivity contribution >= 4 is 11.9 Å². The second-order valence-corrected chi connectivity index (χ2v) is 5.01. The van der Waals surface area contributed by atoms with Gasteiger partial charge in [0.25, 0.3) is 0 Å². The number of nitrogens with zero attached hydrogens (tertiary/aromatic N) is 2. The van der Waals surface area contributed by atoms with E-state index < -0.39 is 11.6 Å². The number of imidazole rings is 1. The Hall–Kier alpha value is -1.89. The van der Waals surface area contributed by atoms with Crippen molar-refractivity contribution in [2.45, 2.75) is 44.8 Å². The van der Waals surface area contributed by atoms with Gasteiger partial charge >= 0.3 is 5.97 Å². The van der Waals surface area contributed by atoms with Gasteiger partial charge in [-0.05, 0) is 13.3 Å². The molecular formula is C13H21N3O4. The molecule has 1 rings (SSSR count). The Labute approximate surface area is 117 Å². The van der Waals surface area contributed by atoms with E-state index in [1.807, 2.05) is 11.5 Å². The first-order valence-electron chi connectivity index (χ1n) is 6.56. The van der Waals surface area contributed by atoms with Gasteiger partial charge in [0.2, 0.25) is 5.91 Å². The Morgan fingerprint density at radius 1 is 1.50 bits per heavy atom. The zero-order chi connectivity index (χ0) is 15.2. The van der Waals surface area contributed by atoms with Crippen LogP contribution in [-0.2, 0) is 9.59 Å². The lowest BCUT2D eigenvalue weighted by atomic mass is 10.1. The van der Waals surface area contributed by atoms with Crippen LogP contribution in [0.4, 0.5) is 0 Å². The maximum atomic E-state index is 11.8. The highest BCUT2D eigenvalue weighted by Crippen LogP contribution is 2.17. The molecule has 0 fully saturated rings. The van der Waals surface area contributed by atoms with Crippen LogP contribution in [0.3, 0.4) is 0 Å². The fourth-order valence-corrected chi connectivity index (χ4v) is 1.81. The molecule has 0 aromatic carbocycles. The molecule has 1 aromatic heterocycles. The molecule has 0 saturated carbocycles. The zero-order valence-electron chi connectivity index (χ0n) is 11.7. The number of hydrogen-bond donors (Lipinski definition) is 3. The summed E-state index contributed by atoms with van der Waals surface area (Å²) >= 11 is 0. The van der Waals surface area contributed by atoms with E-state index in [0.717, 1.165) is 19.8 Å². The molecule has 1 amide bonds. The summed E-state index contributed by atoms with van der Waals surface area (Å²) in [6, 6.07) is -0.0164. The van der Waals surface area contributed by atoms with Crippen LogP contribution in [0.25, 0.3) is 0 Å². The maximum absolute atomic E-state index is 11.8. The molecule has 7 nitrogen and oxygen atoms in total. The largest absolute Gasteiger partial charge is 0.479 e. The summed E-state index contributed by atoms with van der Waals surface area (Å²) < 4.78 is 1.86. The van der Waals surface area contributed by atoms with Crippen molar-refractivity contribution in [2.24, 2.45) is 0 Å². The van der Waals surface area contributed by atoms with Gasteiger partial charge in [-0.1, -0.05) is 13.3 Å². The molecule has 2 atom stereocenters. The molecule has 0 aliphatic carbocycles. The van der Waals surface area contributed by atoms with Crippen molar-refractivity contribution in [1.82, 2.24) is 14.9 Å². The van der Waals surface area contributed by atoms with Gasteiger partial charge in [0, 0.05) is 24.9 Å². The molecule has 1 aromatic rings. The van der Waals surface area contributed by atoms with E-state index in [-0.39, 0.29) is 24.9 Å². The molecule has 0 radical (unpaired) electrons. The van der Waals surface area contributed by atoms with E-state index in [1.165, 1.54) is 0 Å². The third-order valence-electron chi connectivity index (χ3n) is 3.08. The number of aromatic nitrogens is 2. The van der Waals surface area contributed by atoms with Gasteiger partial charge < -0.3 is 20.1 Å². The van der Waals surface area contributed by atoms with E-state index >= 15 is 0 Å². The molecule has 3 N–H and O–H groups in total. The molecule has 20 heavy (non-hydrogen) atoms.